The molecular formula is C30H53N7O7. The minimum atomic E-state index is -0.961. The van der Waals surface area contributed by atoms with Crippen LogP contribution in [0.1, 0.15) is 46.5 Å². The summed E-state index contributed by atoms with van der Waals surface area (Å²) < 4.78 is 0. The lowest BCUT2D eigenvalue weighted by Crippen LogP contribution is -2.49. The lowest BCUT2D eigenvalue weighted by molar-refractivity contribution is -0.140. The van der Waals surface area contributed by atoms with Crippen LogP contribution >= 0.6 is 0 Å². The Morgan fingerprint density at radius 2 is 1.14 bits per heavy atom. The number of unbranched alkanes of at least 4 members (excludes halogenated alkanes) is 1. The lowest BCUT2D eigenvalue weighted by Gasteiger charge is -2.33. The van der Waals surface area contributed by atoms with Crippen LogP contribution in [0.4, 0.5) is 11.4 Å². The zero-order chi connectivity index (χ0) is 32.5. The van der Waals surface area contributed by atoms with E-state index in [0.717, 1.165) is 32.2 Å². The zero-order valence-corrected chi connectivity index (χ0v) is 26.7. The zero-order valence-electron chi connectivity index (χ0n) is 26.7. The molecule has 1 aromatic rings. The number of aliphatic carboxylic acids is 2. The summed E-state index contributed by atoms with van der Waals surface area (Å²) in [4.78, 5) is 67.5. The van der Waals surface area contributed by atoms with Crippen molar-refractivity contribution in [3.63, 3.8) is 0 Å². The van der Waals surface area contributed by atoms with Crippen LogP contribution in [0, 0.1) is 5.92 Å². The van der Waals surface area contributed by atoms with E-state index in [2.05, 4.69) is 34.7 Å². The van der Waals surface area contributed by atoms with Crippen LogP contribution in [0.5, 0.6) is 0 Å². The smallest absolute Gasteiger partial charge is 0.317 e. The van der Waals surface area contributed by atoms with Crippen molar-refractivity contribution in [1.29, 1.82) is 0 Å². The van der Waals surface area contributed by atoms with E-state index in [1.165, 1.54) is 0 Å². The van der Waals surface area contributed by atoms with Gasteiger partial charge in [-0.15, -0.1) is 0 Å². The van der Waals surface area contributed by atoms with Crippen molar-refractivity contribution < 1.29 is 24.6 Å². The summed E-state index contributed by atoms with van der Waals surface area (Å²) in [6.07, 6.45) is 4.26. The Hall–Kier alpha value is -3.07. The average Bonchev–Trinajstić information content (AvgIpc) is 2.98. The van der Waals surface area contributed by atoms with Gasteiger partial charge < -0.3 is 31.1 Å². The molecule has 1 atom stereocenters. The average molecular weight is 624 g/mol. The molecule has 1 aliphatic heterocycles. The first kappa shape index (κ1) is 37.1. The van der Waals surface area contributed by atoms with Crippen molar-refractivity contribution >= 4 is 29.2 Å². The second kappa shape index (κ2) is 20.1. The van der Waals surface area contributed by atoms with Gasteiger partial charge in [-0.2, -0.15) is 0 Å². The number of likely N-dealkylation sites (N-methyl/N-ethyl adjacent to an activating group) is 1. The number of hydrogen-bond acceptors (Lipinski definition) is 11. The molecule has 44 heavy (non-hydrogen) atoms. The number of anilines is 2. The summed E-state index contributed by atoms with van der Waals surface area (Å²) in [5.41, 5.74) is -0.465. The minimum Gasteiger partial charge on any atom is -0.480 e. The third-order valence-electron chi connectivity index (χ3n) is 8.24. The molecule has 5 N–H and O–H groups in total. The molecule has 1 saturated heterocycles. The van der Waals surface area contributed by atoms with Crippen LogP contribution in [0.15, 0.2) is 9.59 Å². The normalized spacial score (nSPS) is 17.4. The maximum Gasteiger partial charge on any atom is 0.317 e. The molecule has 250 valence electrons. The van der Waals surface area contributed by atoms with E-state index in [-0.39, 0.29) is 37.8 Å². The Morgan fingerprint density at radius 1 is 0.682 bits per heavy atom. The predicted octanol–water partition coefficient (Wildman–Crippen LogP) is -0.150. The molecule has 0 bridgehead atoms. The topological polar surface area (TPSA) is 175 Å². The molecule has 2 rings (SSSR count). The summed E-state index contributed by atoms with van der Waals surface area (Å²) in [6, 6.07) is 0. The molecule has 1 heterocycles. The van der Waals surface area contributed by atoms with Gasteiger partial charge in [-0.3, -0.25) is 38.7 Å². The lowest BCUT2D eigenvalue weighted by atomic mass is 10.0. The van der Waals surface area contributed by atoms with Crippen LogP contribution < -0.4 is 26.8 Å². The predicted molar refractivity (Wildman–Crippen MR) is 171 cm³/mol. The fourth-order valence-electron chi connectivity index (χ4n) is 5.16. The summed E-state index contributed by atoms with van der Waals surface area (Å²) >= 11 is 0. The van der Waals surface area contributed by atoms with E-state index in [1.54, 1.807) is 4.90 Å². The van der Waals surface area contributed by atoms with Crippen LogP contribution in [0.25, 0.3) is 0 Å². The van der Waals surface area contributed by atoms with Gasteiger partial charge in [-0.25, -0.2) is 0 Å². The second-order valence-electron chi connectivity index (χ2n) is 11.7. The minimum absolute atomic E-state index is 0.0995. The van der Waals surface area contributed by atoms with Gasteiger partial charge in [0.2, 0.25) is 5.91 Å². The molecule has 1 aromatic carbocycles. The van der Waals surface area contributed by atoms with Crippen molar-refractivity contribution in [2.24, 2.45) is 5.92 Å². The number of carbonyl (C=O) groups is 3. The first-order chi connectivity index (χ1) is 21.0. The summed E-state index contributed by atoms with van der Waals surface area (Å²) in [5, 5.41) is 27.6. The number of amides is 1. The molecule has 1 fully saturated rings. The number of hydrogen-bond donors (Lipinski definition) is 5. The van der Waals surface area contributed by atoms with Gasteiger partial charge in [0.15, 0.2) is 0 Å². The number of nitrogens with zero attached hydrogens (tertiary/aromatic N) is 4. The third-order valence-corrected chi connectivity index (χ3v) is 8.24. The van der Waals surface area contributed by atoms with Gasteiger partial charge in [0, 0.05) is 72.0 Å². The number of rotatable bonds is 18. The van der Waals surface area contributed by atoms with Gasteiger partial charge in [0.05, 0.1) is 19.6 Å². The molecule has 0 spiro atoms. The molecule has 14 heteroatoms. The summed E-state index contributed by atoms with van der Waals surface area (Å²) in [7, 11) is 0. The largest absolute Gasteiger partial charge is 0.480 e. The first-order valence-electron chi connectivity index (χ1n) is 15.9. The van der Waals surface area contributed by atoms with Crippen molar-refractivity contribution in [2.45, 2.75) is 46.5 Å². The van der Waals surface area contributed by atoms with E-state index in [0.29, 0.717) is 77.1 Å². The Balaban J connectivity index is 1.85. The van der Waals surface area contributed by atoms with Gasteiger partial charge in [-0.05, 0) is 18.9 Å². The van der Waals surface area contributed by atoms with Crippen LogP contribution in [0.3, 0.4) is 0 Å². The molecule has 14 nitrogen and oxygen atoms in total. The van der Waals surface area contributed by atoms with Gasteiger partial charge in [0.1, 0.15) is 11.4 Å². The SMILES string of the molecule is CCC(C)CCCCNc1c(NCCNC(=O)CN2CCN(CC)CCN(CC(=O)O)CCN(CC(=O)O)CC2)c(=O)c1=O. The number of nitrogens with one attached hydrogen (secondary N) is 3. The summed E-state index contributed by atoms with van der Waals surface area (Å²) in [5.74, 6) is -1.39. The Kier molecular flexibility index (Phi) is 16.9. The van der Waals surface area contributed by atoms with Crippen molar-refractivity contribution in [3.8, 4) is 0 Å². The maximum absolute atomic E-state index is 12.8. The Bertz CT molecular complexity index is 1110. The van der Waals surface area contributed by atoms with Crippen molar-refractivity contribution in [2.75, 3.05) is 109 Å². The number of carbonyl (C=O) groups excluding carboxylic acids is 1. The highest BCUT2D eigenvalue weighted by Gasteiger charge is 2.21. The van der Waals surface area contributed by atoms with E-state index >= 15 is 0 Å². The first-order valence-corrected chi connectivity index (χ1v) is 15.9. The maximum atomic E-state index is 12.8. The highest BCUT2D eigenvalue weighted by molar-refractivity contribution is 5.78. The molecule has 0 aromatic heterocycles. The molecule has 1 unspecified atom stereocenters. The van der Waals surface area contributed by atoms with Crippen LogP contribution in [-0.4, -0.2) is 146 Å². The number of carboxylic acids is 2. The Labute approximate surface area is 260 Å². The van der Waals surface area contributed by atoms with Gasteiger partial charge >= 0.3 is 11.9 Å². The molecular weight excluding hydrogens is 570 g/mol. The number of carboxylic acid groups (broad SMARTS) is 2. The van der Waals surface area contributed by atoms with Gasteiger partial charge in [-0.1, -0.05) is 40.0 Å². The standard InChI is InChI=1S/C30H53N7O7/c1-4-23(3)8-6-7-9-32-27-28(30(44)29(27)43)33-11-10-31-24(38)20-35-14-12-34(5-2)13-15-36(21-25(39)40)18-19-37(17-16-35)22-26(41)42/h23,32-33H,4-22H2,1-3H3,(H,31,38)(H,39,40)(H,41,42). The van der Waals surface area contributed by atoms with Gasteiger partial charge in [0.25, 0.3) is 10.9 Å². The van der Waals surface area contributed by atoms with Crippen LogP contribution in [-0.2, 0) is 14.4 Å². The fraction of sp³-hybridized carbons (Fsp3) is 0.767. The second-order valence-corrected chi connectivity index (χ2v) is 11.7. The molecule has 0 aliphatic carbocycles. The van der Waals surface area contributed by atoms with E-state index < -0.39 is 22.8 Å². The quantitative estimate of drug-likeness (QED) is 0.108. The van der Waals surface area contributed by atoms with E-state index in [1.807, 2.05) is 16.7 Å². The third kappa shape index (κ3) is 13.7. The van der Waals surface area contributed by atoms with Crippen molar-refractivity contribution in [3.05, 3.63) is 20.4 Å². The van der Waals surface area contributed by atoms with E-state index in [4.69, 9.17) is 0 Å². The summed E-state index contributed by atoms with van der Waals surface area (Å²) in [6.45, 7) is 12.5. The molecule has 0 saturated carbocycles. The molecule has 1 aliphatic rings. The highest BCUT2D eigenvalue weighted by atomic mass is 16.4. The van der Waals surface area contributed by atoms with Crippen LogP contribution in [0.2, 0.25) is 0 Å². The highest BCUT2D eigenvalue weighted by Crippen LogP contribution is 2.15. The fourth-order valence-corrected chi connectivity index (χ4v) is 5.16. The molecule has 1 amide bonds. The van der Waals surface area contributed by atoms with Crippen molar-refractivity contribution in [1.82, 2.24) is 24.9 Å². The molecule has 0 radical (unpaired) electrons. The van der Waals surface area contributed by atoms with E-state index in [9.17, 15) is 34.2 Å². The Morgan fingerprint density at radius 3 is 1.59 bits per heavy atom. The monoisotopic (exact) mass is 623 g/mol.